The summed E-state index contributed by atoms with van der Waals surface area (Å²) in [7, 11) is 0. The molecule has 144 valence electrons. The van der Waals surface area contributed by atoms with Crippen molar-refractivity contribution >= 4 is 11.1 Å². The van der Waals surface area contributed by atoms with E-state index in [4.69, 9.17) is 0 Å². The van der Waals surface area contributed by atoms with E-state index in [0.717, 1.165) is 12.8 Å². The van der Waals surface area contributed by atoms with E-state index in [9.17, 15) is 0 Å². The Morgan fingerprint density at radius 3 is 1.17 bits per heavy atom. The molecule has 4 aromatic carbocycles. The number of fused-ring (bicyclic) bond motifs is 6. The van der Waals surface area contributed by atoms with Crippen LogP contribution >= 0.6 is 0 Å². The van der Waals surface area contributed by atoms with Gasteiger partial charge in [-0.1, -0.05) is 98.8 Å². The molecule has 2 aliphatic rings. The van der Waals surface area contributed by atoms with Crippen LogP contribution in [-0.4, -0.2) is 0 Å². The van der Waals surface area contributed by atoms with Crippen LogP contribution < -0.4 is 0 Å². The molecule has 6 rings (SSSR count). The fraction of sp³-hybridized carbons (Fsp3) is 0.133. The van der Waals surface area contributed by atoms with E-state index in [1.54, 1.807) is 0 Å². The minimum Gasteiger partial charge on any atom is -0.0616 e. The van der Waals surface area contributed by atoms with E-state index >= 15 is 0 Å². The summed E-state index contributed by atoms with van der Waals surface area (Å²) in [5.74, 6) is 0. The van der Waals surface area contributed by atoms with Crippen molar-refractivity contribution in [1.29, 1.82) is 0 Å². The first-order valence-corrected chi connectivity index (χ1v) is 11.0. The highest BCUT2D eigenvalue weighted by Gasteiger charge is 2.32. The monoisotopic (exact) mass is 384 g/mol. The van der Waals surface area contributed by atoms with Crippen molar-refractivity contribution in [3.63, 3.8) is 0 Å². The maximum atomic E-state index is 2.42. The molecule has 0 aliphatic heterocycles. The zero-order valence-corrected chi connectivity index (χ0v) is 17.5. The van der Waals surface area contributed by atoms with Crippen molar-refractivity contribution in [3.05, 3.63) is 118 Å². The minimum atomic E-state index is 1.05. The van der Waals surface area contributed by atoms with Gasteiger partial charge in [0.25, 0.3) is 0 Å². The van der Waals surface area contributed by atoms with Gasteiger partial charge in [0.2, 0.25) is 0 Å². The molecule has 0 N–H and O–H groups in total. The van der Waals surface area contributed by atoms with E-state index in [0.29, 0.717) is 0 Å². The topological polar surface area (TPSA) is 0 Å². The number of aryl methyl sites for hydroxylation is 2. The van der Waals surface area contributed by atoms with Gasteiger partial charge in [-0.15, -0.1) is 0 Å². The average molecular weight is 385 g/mol. The van der Waals surface area contributed by atoms with E-state index in [2.05, 4.69) is 98.8 Å². The summed E-state index contributed by atoms with van der Waals surface area (Å²) < 4.78 is 0. The highest BCUT2D eigenvalue weighted by atomic mass is 14.3. The summed E-state index contributed by atoms with van der Waals surface area (Å²) in [4.78, 5) is 0. The van der Waals surface area contributed by atoms with Crippen LogP contribution in [0, 0.1) is 0 Å². The van der Waals surface area contributed by atoms with Gasteiger partial charge in [0.15, 0.2) is 0 Å². The number of benzene rings is 4. The van der Waals surface area contributed by atoms with Gasteiger partial charge in [-0.2, -0.15) is 0 Å². The first-order chi connectivity index (χ1) is 14.8. The van der Waals surface area contributed by atoms with Crippen molar-refractivity contribution in [1.82, 2.24) is 0 Å². The van der Waals surface area contributed by atoms with Gasteiger partial charge in [0.05, 0.1) is 0 Å². The highest BCUT2D eigenvalue weighted by molar-refractivity contribution is 6.18. The van der Waals surface area contributed by atoms with Gasteiger partial charge in [-0.05, 0) is 79.6 Å². The molecule has 0 heteroatoms. The van der Waals surface area contributed by atoms with Gasteiger partial charge in [0.1, 0.15) is 0 Å². The molecule has 0 saturated carbocycles. The predicted octanol–water partition coefficient (Wildman–Crippen LogP) is 7.78. The van der Waals surface area contributed by atoms with Crippen molar-refractivity contribution in [2.75, 3.05) is 0 Å². The second kappa shape index (κ2) is 6.57. The highest BCUT2D eigenvalue weighted by Crippen LogP contribution is 2.54. The summed E-state index contributed by atoms with van der Waals surface area (Å²) in [6.07, 6.45) is 2.11. The van der Waals surface area contributed by atoms with E-state index < -0.39 is 0 Å². The van der Waals surface area contributed by atoms with Crippen LogP contribution in [0.1, 0.15) is 47.2 Å². The lowest BCUT2D eigenvalue weighted by Crippen LogP contribution is -1.93. The van der Waals surface area contributed by atoms with Crippen LogP contribution in [0.15, 0.2) is 84.9 Å². The van der Waals surface area contributed by atoms with Crippen LogP contribution in [0.2, 0.25) is 0 Å². The average Bonchev–Trinajstić information content (AvgIpc) is 3.30. The van der Waals surface area contributed by atoms with Crippen LogP contribution in [0.3, 0.4) is 0 Å². The summed E-state index contributed by atoms with van der Waals surface area (Å²) >= 11 is 0. The molecule has 30 heavy (non-hydrogen) atoms. The summed E-state index contributed by atoms with van der Waals surface area (Å²) in [6, 6.07) is 31.9. The van der Waals surface area contributed by atoms with Crippen LogP contribution in [0.5, 0.6) is 0 Å². The van der Waals surface area contributed by atoms with Gasteiger partial charge in [-0.25, -0.2) is 0 Å². The molecule has 0 heterocycles. The fourth-order valence-corrected chi connectivity index (χ4v) is 5.21. The zero-order valence-electron chi connectivity index (χ0n) is 17.5. The Morgan fingerprint density at radius 2 is 0.767 bits per heavy atom. The van der Waals surface area contributed by atoms with Crippen molar-refractivity contribution in [2.24, 2.45) is 0 Å². The standard InChI is InChI=1S/C30H24/c1-3-19-13-15-23-21-9-5-7-11-25(21)29(27(23)17-19)30-26-12-8-6-10-22(26)24-16-14-20(4-2)18-28(24)30/h5-18H,3-4H2,1-2H3. The quantitative estimate of drug-likeness (QED) is 0.286. The Hall–Kier alpha value is -3.38. The third-order valence-corrected chi connectivity index (χ3v) is 6.75. The first kappa shape index (κ1) is 17.5. The van der Waals surface area contributed by atoms with Crippen LogP contribution in [-0.2, 0) is 12.8 Å². The maximum Gasteiger partial charge on any atom is -0.00138 e. The Kier molecular flexibility index (Phi) is 3.83. The van der Waals surface area contributed by atoms with E-state index in [1.165, 1.54) is 66.8 Å². The molecule has 0 atom stereocenters. The third kappa shape index (κ3) is 2.34. The minimum absolute atomic E-state index is 1.05. The Bertz CT molecular complexity index is 1250. The largest absolute Gasteiger partial charge is 0.0616 e. The normalized spacial score (nSPS) is 15.5. The SMILES string of the molecule is CCc1ccc2c(c1)C(=C1c3ccccc3-c3ccc(CC)cc31)c1ccccc1-2. The lowest BCUT2D eigenvalue weighted by molar-refractivity contribution is 1.14. The molecule has 0 aromatic heterocycles. The van der Waals surface area contributed by atoms with E-state index in [1.807, 2.05) is 0 Å². The molecule has 0 amide bonds. The summed E-state index contributed by atoms with van der Waals surface area (Å²) in [5, 5.41) is 0. The van der Waals surface area contributed by atoms with Crippen LogP contribution in [0.25, 0.3) is 33.4 Å². The molecule has 0 spiro atoms. The molecule has 2 aliphatic carbocycles. The first-order valence-electron chi connectivity index (χ1n) is 11.0. The molecule has 4 aromatic rings. The Labute approximate surface area is 178 Å². The van der Waals surface area contributed by atoms with Gasteiger partial charge in [-0.3, -0.25) is 0 Å². The van der Waals surface area contributed by atoms with Crippen LogP contribution in [0.4, 0.5) is 0 Å². The second-order valence-corrected chi connectivity index (χ2v) is 8.31. The molecule has 0 fully saturated rings. The van der Waals surface area contributed by atoms with Crippen molar-refractivity contribution in [2.45, 2.75) is 26.7 Å². The van der Waals surface area contributed by atoms with Crippen molar-refractivity contribution < 1.29 is 0 Å². The van der Waals surface area contributed by atoms with Gasteiger partial charge in [0, 0.05) is 0 Å². The second-order valence-electron chi connectivity index (χ2n) is 8.31. The Morgan fingerprint density at radius 1 is 0.400 bits per heavy atom. The number of hydrogen-bond donors (Lipinski definition) is 0. The fourth-order valence-electron chi connectivity index (χ4n) is 5.21. The molecule has 0 bridgehead atoms. The molecule has 0 radical (unpaired) electrons. The molecular weight excluding hydrogens is 360 g/mol. The molecule has 0 saturated heterocycles. The zero-order chi connectivity index (χ0) is 20.2. The Balaban J connectivity index is 1.78. The molecule has 0 nitrogen and oxygen atoms in total. The van der Waals surface area contributed by atoms with E-state index in [-0.39, 0.29) is 0 Å². The van der Waals surface area contributed by atoms with Gasteiger partial charge < -0.3 is 0 Å². The maximum absolute atomic E-state index is 2.42. The number of rotatable bonds is 2. The number of hydrogen-bond acceptors (Lipinski definition) is 0. The smallest absolute Gasteiger partial charge is 0.00138 e. The molecular formula is C30H24. The summed E-state index contributed by atoms with van der Waals surface area (Å²) in [6.45, 7) is 4.48. The molecule has 0 unspecified atom stereocenters. The lowest BCUT2D eigenvalue weighted by atomic mass is 9.90. The van der Waals surface area contributed by atoms with Gasteiger partial charge >= 0.3 is 0 Å². The summed E-state index contributed by atoms with van der Waals surface area (Å²) in [5.41, 5.74) is 16.5. The predicted molar refractivity (Wildman–Crippen MR) is 128 cm³/mol. The third-order valence-electron chi connectivity index (χ3n) is 6.75. The lowest BCUT2D eigenvalue weighted by Gasteiger charge is -2.13. The van der Waals surface area contributed by atoms with Crippen molar-refractivity contribution in [3.8, 4) is 22.3 Å².